The minimum atomic E-state index is -1.65. The molecule has 0 radical (unpaired) electrons. The van der Waals surface area contributed by atoms with Crippen LogP contribution in [0, 0.1) is 17.0 Å². The molecule has 5 rings (SSSR count). The highest BCUT2D eigenvalue weighted by Gasteiger charge is 2.49. The van der Waals surface area contributed by atoms with E-state index < -0.39 is 29.0 Å². The molecule has 154 valence electrons. The van der Waals surface area contributed by atoms with Gasteiger partial charge in [0.05, 0.1) is 17.1 Å². The molecule has 1 atom stereocenters. The molecule has 1 aliphatic heterocycles. The first-order valence-corrected chi connectivity index (χ1v) is 9.79. The van der Waals surface area contributed by atoms with Gasteiger partial charge in [-0.2, -0.15) is 0 Å². The number of halogens is 2. The first-order valence-electron chi connectivity index (χ1n) is 9.79. The largest absolute Gasteiger partial charge is 0.511 e. The smallest absolute Gasteiger partial charge is 0.449 e. The Morgan fingerprint density at radius 2 is 2.03 bits per heavy atom. The normalized spacial score (nSPS) is 22.9. The third-order valence-corrected chi connectivity index (χ3v) is 6.66. The monoisotopic (exact) mass is 405 g/mol. The van der Waals surface area contributed by atoms with Gasteiger partial charge < -0.3 is 25.0 Å². The molecule has 9 heteroatoms. The highest BCUT2D eigenvalue weighted by molar-refractivity contribution is 5.86. The van der Waals surface area contributed by atoms with Crippen molar-refractivity contribution in [2.24, 2.45) is 11.1 Å². The summed E-state index contributed by atoms with van der Waals surface area (Å²) in [5.41, 5.74) is 5.15. The van der Waals surface area contributed by atoms with Gasteiger partial charge in [-0.3, -0.25) is 4.79 Å². The number of benzene rings is 1. The Morgan fingerprint density at radius 3 is 2.59 bits per heavy atom. The molecule has 29 heavy (non-hydrogen) atoms. The number of pyridine rings is 1. The Balaban J connectivity index is 1.69. The zero-order valence-corrected chi connectivity index (χ0v) is 15.7. The summed E-state index contributed by atoms with van der Waals surface area (Å²) in [6.07, 6.45) is 4.04. The molecule has 2 aromatic rings. The molecule has 1 aromatic heterocycles. The Morgan fingerprint density at radius 1 is 1.31 bits per heavy atom. The average Bonchev–Trinajstić information content (AvgIpc) is 3.39. The molecule has 3 N–H and O–H groups in total. The van der Waals surface area contributed by atoms with Crippen LogP contribution in [0.25, 0.3) is 10.9 Å². The van der Waals surface area contributed by atoms with E-state index in [4.69, 9.17) is 10.8 Å². The zero-order valence-electron chi connectivity index (χ0n) is 15.7. The molecule has 1 spiro atoms. The van der Waals surface area contributed by atoms with Gasteiger partial charge in [-0.05, 0) is 31.7 Å². The summed E-state index contributed by atoms with van der Waals surface area (Å²) in [6, 6.07) is 0.754. The van der Waals surface area contributed by atoms with Gasteiger partial charge in [0.15, 0.2) is 11.6 Å². The first kappa shape index (κ1) is 18.4. The molecule has 3 fully saturated rings. The van der Waals surface area contributed by atoms with E-state index in [0.29, 0.717) is 13.1 Å². The summed E-state index contributed by atoms with van der Waals surface area (Å²) in [6.45, 7) is 0.842. The van der Waals surface area contributed by atoms with Gasteiger partial charge in [0.2, 0.25) is 5.43 Å². The van der Waals surface area contributed by atoms with Gasteiger partial charge in [0.25, 0.3) is 0 Å². The van der Waals surface area contributed by atoms with Gasteiger partial charge in [-0.1, -0.05) is 6.42 Å². The van der Waals surface area contributed by atoms with Crippen molar-refractivity contribution in [3.8, 4) is 5.75 Å². The number of fused-ring (bicyclic) bond motifs is 1. The van der Waals surface area contributed by atoms with Crippen LogP contribution in [-0.2, 0) is 0 Å². The number of anilines is 1. The van der Waals surface area contributed by atoms with Crippen LogP contribution >= 0.6 is 0 Å². The molecule has 3 aliphatic rings. The second kappa shape index (κ2) is 6.16. The second-order valence-corrected chi connectivity index (χ2v) is 8.45. The summed E-state index contributed by atoms with van der Waals surface area (Å²) in [5.74, 6) is -2.12. The van der Waals surface area contributed by atoms with E-state index in [-0.39, 0.29) is 34.1 Å². The van der Waals surface area contributed by atoms with Crippen LogP contribution in [0.2, 0.25) is 0 Å². The Hall–Kier alpha value is -2.68. The lowest BCUT2D eigenvalue weighted by atomic mass is 9.66. The minimum absolute atomic E-state index is 0.0187. The maximum Gasteiger partial charge on any atom is 0.511 e. The standard InChI is InChI=1S/C20H21F2N3O4/c21-12-6-11-16(25(10-2-3-10)7-13(18(11)26)29-19(27)28)15(22)17(12)24-8-14(23)20(9-24)4-1-5-20/h6-7,10,14H,1-5,8-9,23H2,(H,27,28). The van der Waals surface area contributed by atoms with Crippen molar-refractivity contribution in [1.82, 2.24) is 4.57 Å². The highest BCUT2D eigenvalue weighted by atomic mass is 19.1. The van der Waals surface area contributed by atoms with Crippen LogP contribution in [0.4, 0.5) is 19.3 Å². The van der Waals surface area contributed by atoms with Gasteiger partial charge in [-0.25, -0.2) is 13.6 Å². The number of hydrogen-bond donors (Lipinski definition) is 2. The van der Waals surface area contributed by atoms with Crippen molar-refractivity contribution < 1.29 is 23.4 Å². The van der Waals surface area contributed by atoms with Crippen LogP contribution in [0.15, 0.2) is 17.1 Å². The fourth-order valence-corrected chi connectivity index (χ4v) is 4.83. The Labute approximate surface area is 164 Å². The summed E-state index contributed by atoms with van der Waals surface area (Å²) in [5, 5.41) is 8.65. The third kappa shape index (κ3) is 2.71. The van der Waals surface area contributed by atoms with Gasteiger partial charge >= 0.3 is 6.16 Å². The first-order chi connectivity index (χ1) is 13.8. The third-order valence-electron chi connectivity index (χ3n) is 6.66. The van der Waals surface area contributed by atoms with Crippen molar-refractivity contribution >= 4 is 22.7 Å². The van der Waals surface area contributed by atoms with Crippen LogP contribution < -0.4 is 20.8 Å². The van der Waals surface area contributed by atoms with E-state index in [1.165, 1.54) is 10.8 Å². The predicted molar refractivity (Wildman–Crippen MR) is 102 cm³/mol. The number of carbonyl (C=O) groups is 1. The zero-order chi connectivity index (χ0) is 20.5. The van der Waals surface area contributed by atoms with Gasteiger partial charge in [-0.15, -0.1) is 0 Å². The second-order valence-electron chi connectivity index (χ2n) is 8.45. The molecule has 7 nitrogen and oxygen atoms in total. The predicted octanol–water partition coefficient (Wildman–Crippen LogP) is 2.99. The quantitative estimate of drug-likeness (QED) is 0.762. The maximum absolute atomic E-state index is 15.7. The molecular weight excluding hydrogens is 384 g/mol. The van der Waals surface area contributed by atoms with E-state index in [0.717, 1.165) is 38.2 Å². The minimum Gasteiger partial charge on any atom is -0.449 e. The SMILES string of the molecule is NC1CN(c2c(F)cc3c(=O)c(OC(=O)O)cn(C4CC4)c3c2F)CC12CCC2. The highest BCUT2D eigenvalue weighted by Crippen LogP contribution is 2.49. The molecule has 1 saturated heterocycles. The molecule has 2 saturated carbocycles. The summed E-state index contributed by atoms with van der Waals surface area (Å²) in [7, 11) is 0. The van der Waals surface area contributed by atoms with Crippen molar-refractivity contribution in [2.75, 3.05) is 18.0 Å². The van der Waals surface area contributed by atoms with Crippen LogP contribution in [0.3, 0.4) is 0 Å². The van der Waals surface area contributed by atoms with E-state index in [1.807, 2.05) is 0 Å². The molecular formula is C20H21F2N3O4. The van der Waals surface area contributed by atoms with Crippen molar-refractivity contribution in [1.29, 1.82) is 0 Å². The molecule has 0 amide bonds. The van der Waals surface area contributed by atoms with Crippen LogP contribution in [0.5, 0.6) is 5.75 Å². The molecule has 1 aromatic carbocycles. The topological polar surface area (TPSA) is 97.8 Å². The molecule has 0 bridgehead atoms. The lowest BCUT2D eigenvalue weighted by Gasteiger charge is -2.41. The fourth-order valence-electron chi connectivity index (χ4n) is 4.83. The van der Waals surface area contributed by atoms with Crippen molar-refractivity contribution in [3.63, 3.8) is 0 Å². The van der Waals surface area contributed by atoms with E-state index in [1.54, 1.807) is 4.90 Å². The number of rotatable bonds is 3. The Bertz CT molecular complexity index is 1090. The number of carboxylic acid groups (broad SMARTS) is 1. The van der Waals surface area contributed by atoms with E-state index in [2.05, 4.69) is 4.74 Å². The Kier molecular flexibility index (Phi) is 3.90. The lowest BCUT2D eigenvalue weighted by molar-refractivity contribution is 0.141. The van der Waals surface area contributed by atoms with Gasteiger partial charge in [0.1, 0.15) is 11.5 Å². The van der Waals surface area contributed by atoms with Crippen LogP contribution in [-0.4, -0.2) is 35.0 Å². The number of nitrogens with two attached hydrogens (primary N) is 1. The van der Waals surface area contributed by atoms with Crippen molar-refractivity contribution in [3.05, 3.63) is 34.1 Å². The number of nitrogens with zero attached hydrogens (tertiary/aromatic N) is 2. The maximum atomic E-state index is 15.7. The van der Waals surface area contributed by atoms with Crippen molar-refractivity contribution in [2.45, 2.75) is 44.2 Å². The number of aromatic nitrogens is 1. The van der Waals surface area contributed by atoms with Crippen LogP contribution in [0.1, 0.15) is 38.1 Å². The molecule has 1 unspecified atom stereocenters. The lowest BCUT2D eigenvalue weighted by Crippen LogP contribution is -2.45. The number of hydrogen-bond acceptors (Lipinski definition) is 5. The summed E-state index contributed by atoms with van der Waals surface area (Å²) < 4.78 is 36.8. The number of ether oxygens (including phenoxy) is 1. The van der Waals surface area contributed by atoms with E-state index >= 15 is 8.78 Å². The molecule has 2 heterocycles. The average molecular weight is 405 g/mol. The van der Waals surface area contributed by atoms with E-state index in [9.17, 15) is 9.59 Å². The fraction of sp³-hybridized carbons (Fsp3) is 0.500. The summed E-state index contributed by atoms with van der Waals surface area (Å²) >= 11 is 0. The molecule has 2 aliphatic carbocycles. The summed E-state index contributed by atoms with van der Waals surface area (Å²) in [4.78, 5) is 25.2. The van der Waals surface area contributed by atoms with Gasteiger partial charge in [0, 0.05) is 30.6 Å².